The van der Waals surface area contributed by atoms with E-state index in [1.54, 1.807) is 23.5 Å². The number of thiazole rings is 1. The average Bonchev–Trinajstić information content (AvgIpc) is 2.84. The molecule has 3 N–H and O–H groups in total. The van der Waals surface area contributed by atoms with Gasteiger partial charge in [-0.25, -0.2) is 4.98 Å². The Hall–Kier alpha value is -2.41. The number of fused-ring (bicyclic) bond motifs is 1. The van der Waals surface area contributed by atoms with Crippen LogP contribution in [0.3, 0.4) is 0 Å². The summed E-state index contributed by atoms with van der Waals surface area (Å²) in [5.41, 5.74) is 1.73. The summed E-state index contributed by atoms with van der Waals surface area (Å²) >= 11 is 1.61. The standard InChI is InChI=1S/C13H12N4O2S/c1-7-15-9(6-20-7)5-14-8-2-3-10-11(4-8)17-13(19)12(18)16-10/h2-4,6,14H,5H2,1H3,(H,16,18)(H,17,19). The lowest BCUT2D eigenvalue weighted by molar-refractivity contribution is 1.05. The number of aromatic nitrogens is 3. The van der Waals surface area contributed by atoms with Crippen molar-refractivity contribution < 1.29 is 0 Å². The van der Waals surface area contributed by atoms with Gasteiger partial charge in [-0.05, 0) is 25.1 Å². The number of H-pyrrole nitrogens is 2. The molecule has 0 bridgehead atoms. The summed E-state index contributed by atoms with van der Waals surface area (Å²) < 4.78 is 0. The molecule has 2 heterocycles. The molecule has 2 aromatic heterocycles. The Balaban J connectivity index is 1.87. The molecule has 0 spiro atoms. The van der Waals surface area contributed by atoms with E-state index in [4.69, 9.17) is 0 Å². The molecule has 0 radical (unpaired) electrons. The van der Waals surface area contributed by atoms with Crippen LogP contribution in [-0.4, -0.2) is 15.0 Å². The second kappa shape index (κ2) is 4.93. The second-order valence-corrected chi connectivity index (χ2v) is 5.44. The normalized spacial score (nSPS) is 10.8. The van der Waals surface area contributed by atoms with E-state index < -0.39 is 11.1 Å². The molecule has 102 valence electrons. The van der Waals surface area contributed by atoms with Crippen LogP contribution in [0.15, 0.2) is 33.2 Å². The number of hydrogen-bond donors (Lipinski definition) is 3. The zero-order chi connectivity index (χ0) is 14.1. The quantitative estimate of drug-likeness (QED) is 0.638. The molecule has 0 aliphatic carbocycles. The van der Waals surface area contributed by atoms with Gasteiger partial charge in [0.2, 0.25) is 0 Å². The van der Waals surface area contributed by atoms with Gasteiger partial charge in [-0.3, -0.25) is 9.59 Å². The van der Waals surface area contributed by atoms with Gasteiger partial charge < -0.3 is 15.3 Å². The minimum Gasteiger partial charge on any atom is -0.379 e. The van der Waals surface area contributed by atoms with Crippen LogP contribution in [0.5, 0.6) is 0 Å². The van der Waals surface area contributed by atoms with Crippen molar-refractivity contribution in [3.63, 3.8) is 0 Å². The largest absolute Gasteiger partial charge is 0.379 e. The molecular formula is C13H12N4O2S. The van der Waals surface area contributed by atoms with Crippen molar-refractivity contribution in [3.8, 4) is 0 Å². The highest BCUT2D eigenvalue weighted by molar-refractivity contribution is 7.09. The number of hydrogen-bond acceptors (Lipinski definition) is 5. The van der Waals surface area contributed by atoms with Gasteiger partial charge >= 0.3 is 11.1 Å². The Kier molecular flexibility index (Phi) is 3.11. The average molecular weight is 288 g/mol. The number of aryl methyl sites for hydroxylation is 1. The van der Waals surface area contributed by atoms with Crippen LogP contribution in [0.4, 0.5) is 5.69 Å². The Morgan fingerprint density at radius 2 is 1.95 bits per heavy atom. The van der Waals surface area contributed by atoms with E-state index in [9.17, 15) is 9.59 Å². The van der Waals surface area contributed by atoms with Crippen LogP contribution in [-0.2, 0) is 6.54 Å². The Bertz CT molecular complexity index is 878. The van der Waals surface area contributed by atoms with Crippen LogP contribution in [0.2, 0.25) is 0 Å². The summed E-state index contributed by atoms with van der Waals surface area (Å²) in [4.78, 5) is 31.9. The molecule has 3 rings (SSSR count). The minimum atomic E-state index is -0.648. The van der Waals surface area contributed by atoms with Gasteiger partial charge in [0.25, 0.3) is 0 Å². The van der Waals surface area contributed by atoms with E-state index in [0.29, 0.717) is 17.6 Å². The maximum absolute atomic E-state index is 11.3. The van der Waals surface area contributed by atoms with E-state index in [1.165, 1.54) is 0 Å². The Morgan fingerprint density at radius 3 is 2.65 bits per heavy atom. The number of benzene rings is 1. The van der Waals surface area contributed by atoms with E-state index in [2.05, 4.69) is 20.3 Å². The van der Waals surface area contributed by atoms with Gasteiger partial charge in [-0.2, -0.15) is 0 Å². The van der Waals surface area contributed by atoms with Crippen molar-refractivity contribution in [1.82, 2.24) is 15.0 Å². The van der Waals surface area contributed by atoms with Crippen LogP contribution < -0.4 is 16.4 Å². The Morgan fingerprint density at radius 1 is 1.20 bits per heavy atom. The number of nitrogens with one attached hydrogen (secondary N) is 3. The highest BCUT2D eigenvalue weighted by Crippen LogP contribution is 2.15. The summed E-state index contributed by atoms with van der Waals surface area (Å²) in [5.74, 6) is 0. The molecular weight excluding hydrogens is 276 g/mol. The van der Waals surface area contributed by atoms with E-state index in [0.717, 1.165) is 16.4 Å². The zero-order valence-corrected chi connectivity index (χ0v) is 11.5. The summed E-state index contributed by atoms with van der Waals surface area (Å²) in [7, 11) is 0. The first-order valence-electron chi connectivity index (χ1n) is 6.03. The van der Waals surface area contributed by atoms with Gasteiger partial charge in [-0.1, -0.05) is 0 Å². The fraction of sp³-hybridized carbons (Fsp3) is 0.154. The third-order valence-corrected chi connectivity index (χ3v) is 3.68. The molecule has 0 unspecified atom stereocenters. The third-order valence-electron chi connectivity index (χ3n) is 2.86. The number of anilines is 1. The molecule has 20 heavy (non-hydrogen) atoms. The maximum atomic E-state index is 11.3. The smallest absolute Gasteiger partial charge is 0.314 e. The summed E-state index contributed by atoms with van der Waals surface area (Å²) in [6.07, 6.45) is 0. The van der Waals surface area contributed by atoms with Crippen molar-refractivity contribution in [2.75, 3.05) is 5.32 Å². The number of rotatable bonds is 3. The summed E-state index contributed by atoms with van der Waals surface area (Å²) in [6.45, 7) is 2.58. The first kappa shape index (κ1) is 12.6. The number of nitrogens with zero attached hydrogens (tertiary/aromatic N) is 1. The molecule has 0 amide bonds. The highest BCUT2D eigenvalue weighted by Gasteiger charge is 2.02. The predicted octanol–water partition coefficient (Wildman–Crippen LogP) is 1.59. The van der Waals surface area contributed by atoms with Crippen LogP contribution >= 0.6 is 11.3 Å². The van der Waals surface area contributed by atoms with Crippen molar-refractivity contribution in [2.24, 2.45) is 0 Å². The maximum Gasteiger partial charge on any atom is 0.314 e. The molecule has 3 aromatic rings. The first-order chi connectivity index (χ1) is 9.61. The van der Waals surface area contributed by atoms with Crippen LogP contribution in [0.25, 0.3) is 11.0 Å². The van der Waals surface area contributed by atoms with Crippen molar-refractivity contribution in [3.05, 3.63) is 55.0 Å². The lowest BCUT2D eigenvalue weighted by Gasteiger charge is -2.05. The van der Waals surface area contributed by atoms with Gasteiger partial charge in [0.15, 0.2) is 0 Å². The van der Waals surface area contributed by atoms with Crippen LogP contribution in [0.1, 0.15) is 10.7 Å². The monoisotopic (exact) mass is 288 g/mol. The van der Waals surface area contributed by atoms with Gasteiger partial charge in [-0.15, -0.1) is 11.3 Å². The van der Waals surface area contributed by atoms with E-state index >= 15 is 0 Å². The fourth-order valence-electron chi connectivity index (χ4n) is 1.91. The molecule has 0 atom stereocenters. The molecule has 0 fully saturated rings. The van der Waals surface area contributed by atoms with Crippen molar-refractivity contribution in [1.29, 1.82) is 0 Å². The lowest BCUT2D eigenvalue weighted by atomic mass is 10.2. The first-order valence-corrected chi connectivity index (χ1v) is 6.91. The zero-order valence-electron chi connectivity index (χ0n) is 10.7. The third kappa shape index (κ3) is 2.48. The number of aromatic amines is 2. The molecule has 6 nitrogen and oxygen atoms in total. The molecule has 1 aromatic carbocycles. The van der Waals surface area contributed by atoms with Gasteiger partial charge in [0, 0.05) is 11.1 Å². The van der Waals surface area contributed by atoms with Crippen molar-refractivity contribution >= 4 is 28.1 Å². The van der Waals surface area contributed by atoms with E-state index in [-0.39, 0.29) is 0 Å². The minimum absolute atomic E-state index is 0.592. The lowest BCUT2D eigenvalue weighted by Crippen LogP contribution is -2.28. The van der Waals surface area contributed by atoms with Gasteiger partial charge in [0.1, 0.15) is 0 Å². The molecule has 0 saturated carbocycles. The predicted molar refractivity (Wildman–Crippen MR) is 79.4 cm³/mol. The molecule has 7 heteroatoms. The van der Waals surface area contributed by atoms with Gasteiger partial charge in [0.05, 0.1) is 28.3 Å². The fourth-order valence-corrected chi connectivity index (χ4v) is 2.52. The summed E-state index contributed by atoms with van der Waals surface area (Å²) in [6, 6.07) is 5.38. The molecule has 0 aliphatic heterocycles. The second-order valence-electron chi connectivity index (χ2n) is 4.38. The Labute approximate surface area is 117 Å². The SMILES string of the molecule is Cc1nc(CNc2ccc3[nH]c(=O)c(=O)[nH]c3c2)cs1. The van der Waals surface area contributed by atoms with Crippen LogP contribution in [0, 0.1) is 6.92 Å². The van der Waals surface area contributed by atoms with E-state index in [1.807, 2.05) is 18.4 Å². The summed E-state index contributed by atoms with van der Waals surface area (Å²) in [5, 5.41) is 6.26. The molecule has 0 aliphatic rings. The highest BCUT2D eigenvalue weighted by atomic mass is 32.1. The molecule has 0 saturated heterocycles. The van der Waals surface area contributed by atoms with Crippen molar-refractivity contribution in [2.45, 2.75) is 13.5 Å². The topological polar surface area (TPSA) is 90.6 Å².